The lowest BCUT2D eigenvalue weighted by molar-refractivity contribution is 0.0927. The molecule has 0 saturated heterocycles. The summed E-state index contributed by atoms with van der Waals surface area (Å²) in [4.78, 5) is 12.4. The number of hydrogen-bond acceptors (Lipinski definition) is 2. The number of carbonyl (C=O) groups excluding carboxylic acids is 1. The summed E-state index contributed by atoms with van der Waals surface area (Å²) in [5, 5.41) is 15.0. The van der Waals surface area contributed by atoms with E-state index in [-0.39, 0.29) is 17.7 Å². The van der Waals surface area contributed by atoms with Crippen LogP contribution in [0.15, 0.2) is 36.4 Å². The summed E-state index contributed by atoms with van der Waals surface area (Å²) in [5.41, 5.74) is 0.328. The van der Waals surface area contributed by atoms with Crippen LogP contribution in [0.25, 0.3) is 10.8 Å². The Morgan fingerprint density at radius 3 is 2.86 bits per heavy atom. The van der Waals surface area contributed by atoms with Crippen LogP contribution in [0.5, 0.6) is 5.75 Å². The Morgan fingerprint density at radius 2 is 2.05 bits per heavy atom. The fourth-order valence-electron chi connectivity index (χ4n) is 3.10. The molecule has 1 fully saturated rings. The molecule has 2 atom stereocenters. The van der Waals surface area contributed by atoms with E-state index in [4.69, 9.17) is 11.6 Å². The lowest BCUT2D eigenvalue weighted by Crippen LogP contribution is -2.37. The average molecular weight is 304 g/mol. The number of hydrogen-bond donors (Lipinski definition) is 2. The molecule has 1 saturated carbocycles. The van der Waals surface area contributed by atoms with Gasteiger partial charge in [0.15, 0.2) is 0 Å². The third kappa shape index (κ3) is 2.70. The van der Waals surface area contributed by atoms with Crippen LogP contribution < -0.4 is 5.32 Å². The molecule has 2 aromatic rings. The Labute approximate surface area is 128 Å². The first-order valence-corrected chi connectivity index (χ1v) is 7.81. The van der Waals surface area contributed by atoms with E-state index >= 15 is 0 Å². The Bertz CT molecular complexity index is 671. The van der Waals surface area contributed by atoms with E-state index in [1.807, 2.05) is 30.3 Å². The fraction of sp³-hybridized carbons (Fsp3) is 0.353. The first-order chi connectivity index (χ1) is 10.2. The molecule has 2 aromatic carbocycles. The van der Waals surface area contributed by atoms with Gasteiger partial charge in [0.05, 0.1) is 5.56 Å². The maximum Gasteiger partial charge on any atom is 0.255 e. The average Bonchev–Trinajstić information content (AvgIpc) is 2.95. The summed E-state index contributed by atoms with van der Waals surface area (Å²) in [5.74, 6) is 0.721. The van der Waals surface area contributed by atoms with Crippen LogP contribution in [0.2, 0.25) is 0 Å². The van der Waals surface area contributed by atoms with E-state index in [0.717, 1.165) is 24.6 Å². The van der Waals surface area contributed by atoms with Gasteiger partial charge in [0.25, 0.3) is 5.91 Å². The minimum Gasteiger partial charge on any atom is -0.506 e. The fourth-order valence-corrected chi connectivity index (χ4v) is 3.47. The third-order valence-electron chi connectivity index (χ3n) is 4.32. The predicted octanol–water partition coefficient (Wildman–Crippen LogP) is 3.68. The number of carbonyl (C=O) groups is 1. The quantitative estimate of drug-likeness (QED) is 0.850. The zero-order valence-corrected chi connectivity index (χ0v) is 12.4. The van der Waals surface area contributed by atoms with E-state index in [1.54, 1.807) is 6.07 Å². The molecule has 1 amide bonds. The van der Waals surface area contributed by atoms with Crippen LogP contribution in [-0.4, -0.2) is 22.9 Å². The van der Waals surface area contributed by atoms with Gasteiger partial charge in [0, 0.05) is 17.3 Å². The number of phenolic OH excluding ortho intramolecular Hbond substituents is 1. The van der Waals surface area contributed by atoms with Crippen LogP contribution in [0.4, 0.5) is 0 Å². The molecule has 21 heavy (non-hydrogen) atoms. The third-order valence-corrected chi connectivity index (χ3v) is 4.72. The normalized spacial score (nSPS) is 21.6. The van der Waals surface area contributed by atoms with Gasteiger partial charge in [0.1, 0.15) is 5.75 Å². The number of fused-ring (bicyclic) bond motifs is 1. The highest BCUT2D eigenvalue weighted by Gasteiger charge is 2.28. The van der Waals surface area contributed by atoms with Crippen molar-refractivity contribution in [1.29, 1.82) is 0 Å². The highest BCUT2D eigenvalue weighted by Crippen LogP contribution is 2.30. The zero-order chi connectivity index (χ0) is 14.8. The molecule has 0 aromatic heterocycles. The van der Waals surface area contributed by atoms with Gasteiger partial charge < -0.3 is 10.4 Å². The molecular formula is C17H18ClNO2. The van der Waals surface area contributed by atoms with Gasteiger partial charge in [-0.3, -0.25) is 4.79 Å². The first-order valence-electron chi connectivity index (χ1n) is 7.28. The summed E-state index contributed by atoms with van der Waals surface area (Å²) < 4.78 is 0. The second-order valence-electron chi connectivity index (χ2n) is 5.61. The smallest absolute Gasteiger partial charge is 0.255 e. The molecular weight excluding hydrogens is 286 g/mol. The molecule has 0 aliphatic heterocycles. The van der Waals surface area contributed by atoms with Crippen molar-refractivity contribution in [2.45, 2.75) is 25.3 Å². The van der Waals surface area contributed by atoms with Crippen molar-refractivity contribution in [2.24, 2.45) is 5.92 Å². The monoisotopic (exact) mass is 303 g/mol. The lowest BCUT2D eigenvalue weighted by atomic mass is 10.0. The van der Waals surface area contributed by atoms with E-state index < -0.39 is 0 Å². The Kier molecular flexibility index (Phi) is 4.02. The molecule has 3 nitrogen and oxygen atoms in total. The van der Waals surface area contributed by atoms with Gasteiger partial charge in [-0.1, -0.05) is 36.8 Å². The standard InChI is InChI=1S/C17H18ClNO2/c18-10-12-5-3-7-15(12)19-17(21)14-9-8-11-4-1-2-6-13(11)16(14)20/h1-2,4,6,8-9,12,15,20H,3,5,7,10H2,(H,19,21). The second kappa shape index (κ2) is 5.94. The topological polar surface area (TPSA) is 49.3 Å². The SMILES string of the molecule is O=C(NC1CCCC1CCl)c1ccc2ccccc2c1O. The van der Waals surface area contributed by atoms with Gasteiger partial charge >= 0.3 is 0 Å². The largest absolute Gasteiger partial charge is 0.506 e. The second-order valence-corrected chi connectivity index (χ2v) is 5.92. The van der Waals surface area contributed by atoms with Crippen molar-refractivity contribution in [1.82, 2.24) is 5.32 Å². The number of halogens is 1. The molecule has 1 aliphatic rings. The van der Waals surface area contributed by atoms with Crippen LogP contribution >= 0.6 is 11.6 Å². The van der Waals surface area contributed by atoms with Gasteiger partial charge in [-0.05, 0) is 30.2 Å². The van der Waals surface area contributed by atoms with Crippen molar-refractivity contribution < 1.29 is 9.90 Å². The van der Waals surface area contributed by atoms with Crippen molar-refractivity contribution in [3.05, 3.63) is 42.0 Å². The Balaban J connectivity index is 1.86. The number of phenols is 1. The van der Waals surface area contributed by atoms with Gasteiger partial charge in [-0.2, -0.15) is 0 Å². The molecule has 0 radical (unpaired) electrons. The van der Waals surface area contributed by atoms with Crippen LogP contribution in [-0.2, 0) is 0 Å². The van der Waals surface area contributed by atoms with Gasteiger partial charge in [-0.25, -0.2) is 0 Å². The number of amides is 1. The number of benzene rings is 2. The van der Waals surface area contributed by atoms with E-state index in [9.17, 15) is 9.90 Å². The maximum atomic E-state index is 12.4. The minimum atomic E-state index is -0.222. The summed E-state index contributed by atoms with van der Waals surface area (Å²) in [6.45, 7) is 0. The van der Waals surface area contributed by atoms with Crippen molar-refractivity contribution in [2.75, 3.05) is 5.88 Å². The number of aromatic hydroxyl groups is 1. The molecule has 110 valence electrons. The zero-order valence-electron chi connectivity index (χ0n) is 11.7. The highest BCUT2D eigenvalue weighted by molar-refractivity contribution is 6.18. The summed E-state index contributed by atoms with van der Waals surface area (Å²) in [6, 6.07) is 11.1. The van der Waals surface area contributed by atoms with Crippen LogP contribution in [0.3, 0.4) is 0 Å². The van der Waals surface area contributed by atoms with Crippen LogP contribution in [0, 0.1) is 5.92 Å². The molecule has 0 spiro atoms. The molecule has 1 aliphatic carbocycles. The number of nitrogens with one attached hydrogen (secondary N) is 1. The Morgan fingerprint density at radius 1 is 1.24 bits per heavy atom. The summed E-state index contributed by atoms with van der Waals surface area (Å²) in [6.07, 6.45) is 3.10. The minimum absolute atomic E-state index is 0.0472. The molecule has 3 rings (SSSR count). The molecule has 0 heterocycles. The Hall–Kier alpha value is -1.74. The summed E-state index contributed by atoms with van der Waals surface area (Å²) in [7, 11) is 0. The van der Waals surface area contributed by atoms with Crippen molar-refractivity contribution >= 4 is 28.3 Å². The van der Waals surface area contributed by atoms with Crippen LogP contribution in [0.1, 0.15) is 29.6 Å². The number of alkyl halides is 1. The van der Waals surface area contributed by atoms with E-state index in [1.165, 1.54) is 0 Å². The molecule has 2 unspecified atom stereocenters. The molecule has 2 N–H and O–H groups in total. The maximum absolute atomic E-state index is 12.4. The number of rotatable bonds is 3. The first kappa shape index (κ1) is 14.2. The van der Waals surface area contributed by atoms with Gasteiger partial charge in [0.2, 0.25) is 0 Å². The molecule has 0 bridgehead atoms. The lowest BCUT2D eigenvalue weighted by Gasteiger charge is -2.19. The predicted molar refractivity (Wildman–Crippen MR) is 84.9 cm³/mol. The highest BCUT2D eigenvalue weighted by atomic mass is 35.5. The van der Waals surface area contributed by atoms with E-state index in [0.29, 0.717) is 22.7 Å². The summed E-state index contributed by atoms with van der Waals surface area (Å²) >= 11 is 5.94. The van der Waals surface area contributed by atoms with E-state index in [2.05, 4.69) is 5.32 Å². The van der Waals surface area contributed by atoms with Gasteiger partial charge in [-0.15, -0.1) is 11.6 Å². The van der Waals surface area contributed by atoms with Crippen molar-refractivity contribution in [3.63, 3.8) is 0 Å². The van der Waals surface area contributed by atoms with Crippen molar-refractivity contribution in [3.8, 4) is 5.75 Å². The molecule has 4 heteroatoms.